The summed E-state index contributed by atoms with van der Waals surface area (Å²) in [4.78, 5) is 4.88. The van der Waals surface area contributed by atoms with Crippen LogP contribution in [0.4, 0.5) is 0 Å². The van der Waals surface area contributed by atoms with Crippen LogP contribution in [0.2, 0.25) is 0 Å². The summed E-state index contributed by atoms with van der Waals surface area (Å²) < 4.78 is 23.5. The SMILES string of the molecule is CC1(C)CCC(NC(=NCC2CCS(=O)(=O)C2)NC2CC3CCC2C3)CC1.I. The molecular formula is C21H38IN3O2S. The third-order valence-electron chi connectivity index (χ3n) is 7.57. The molecule has 2 bridgehead atoms. The van der Waals surface area contributed by atoms with E-state index >= 15 is 0 Å². The van der Waals surface area contributed by atoms with Crippen molar-refractivity contribution in [2.45, 2.75) is 83.7 Å². The van der Waals surface area contributed by atoms with Crippen LogP contribution in [-0.2, 0) is 9.84 Å². The van der Waals surface area contributed by atoms with Crippen molar-refractivity contribution in [3.63, 3.8) is 0 Å². The monoisotopic (exact) mass is 523 g/mol. The van der Waals surface area contributed by atoms with Gasteiger partial charge in [-0.2, -0.15) is 0 Å². The summed E-state index contributed by atoms with van der Waals surface area (Å²) in [5.41, 5.74) is 0.464. The Morgan fingerprint density at radius 1 is 1.04 bits per heavy atom. The summed E-state index contributed by atoms with van der Waals surface area (Å²) >= 11 is 0. The Labute approximate surface area is 188 Å². The second kappa shape index (κ2) is 8.98. The first-order valence-electron chi connectivity index (χ1n) is 11.1. The van der Waals surface area contributed by atoms with E-state index < -0.39 is 9.84 Å². The number of hydrogen-bond donors (Lipinski definition) is 2. The summed E-state index contributed by atoms with van der Waals surface area (Å²) in [6.45, 7) is 5.37. The minimum atomic E-state index is -2.82. The number of hydrogen-bond acceptors (Lipinski definition) is 3. The number of halogens is 1. The van der Waals surface area contributed by atoms with Gasteiger partial charge in [0.2, 0.25) is 0 Å². The lowest BCUT2D eigenvalue weighted by atomic mass is 9.75. The molecule has 1 aliphatic heterocycles. The summed E-state index contributed by atoms with van der Waals surface area (Å²) in [5, 5.41) is 7.46. The zero-order valence-corrected chi connectivity index (χ0v) is 20.6. The quantitative estimate of drug-likeness (QED) is 0.335. The van der Waals surface area contributed by atoms with Crippen LogP contribution in [0.1, 0.15) is 71.6 Å². The van der Waals surface area contributed by atoms with E-state index in [0.717, 1.165) is 24.2 Å². The lowest BCUT2D eigenvalue weighted by molar-refractivity contribution is 0.216. The van der Waals surface area contributed by atoms with Gasteiger partial charge in [0.05, 0.1) is 11.5 Å². The first-order valence-corrected chi connectivity index (χ1v) is 12.9. The van der Waals surface area contributed by atoms with E-state index in [1.54, 1.807) is 0 Å². The van der Waals surface area contributed by atoms with Gasteiger partial charge < -0.3 is 10.6 Å². The molecule has 7 heteroatoms. The minimum absolute atomic E-state index is 0. The molecule has 4 atom stereocenters. The van der Waals surface area contributed by atoms with Gasteiger partial charge in [0.25, 0.3) is 0 Å². The molecule has 4 rings (SSSR count). The number of fused-ring (bicyclic) bond motifs is 2. The van der Waals surface area contributed by atoms with Gasteiger partial charge in [-0.05, 0) is 74.5 Å². The van der Waals surface area contributed by atoms with E-state index in [-0.39, 0.29) is 29.9 Å². The Hall–Kier alpha value is -0.0500. The van der Waals surface area contributed by atoms with Crippen molar-refractivity contribution in [3.05, 3.63) is 0 Å². The van der Waals surface area contributed by atoms with E-state index in [9.17, 15) is 8.42 Å². The summed E-state index contributed by atoms with van der Waals surface area (Å²) in [6.07, 6.45) is 11.1. The van der Waals surface area contributed by atoms with E-state index in [1.807, 2.05) is 0 Å². The topological polar surface area (TPSA) is 70.6 Å². The predicted molar refractivity (Wildman–Crippen MR) is 126 cm³/mol. The molecule has 0 aromatic rings. The molecule has 4 fully saturated rings. The normalized spacial score (nSPS) is 36.9. The predicted octanol–water partition coefficient (Wildman–Crippen LogP) is 3.73. The molecule has 28 heavy (non-hydrogen) atoms. The first kappa shape index (κ1) is 22.6. The van der Waals surface area contributed by atoms with Crippen molar-refractivity contribution in [2.24, 2.45) is 28.2 Å². The van der Waals surface area contributed by atoms with Gasteiger partial charge in [0, 0.05) is 18.6 Å². The van der Waals surface area contributed by atoms with E-state index in [0.29, 0.717) is 35.5 Å². The molecular weight excluding hydrogens is 485 g/mol. The van der Waals surface area contributed by atoms with Crippen LogP contribution in [-0.4, -0.2) is 44.5 Å². The Morgan fingerprint density at radius 3 is 2.36 bits per heavy atom. The van der Waals surface area contributed by atoms with Crippen molar-refractivity contribution < 1.29 is 8.42 Å². The average Bonchev–Trinajstić information content (AvgIpc) is 3.30. The van der Waals surface area contributed by atoms with Crippen molar-refractivity contribution in [2.75, 3.05) is 18.1 Å². The van der Waals surface area contributed by atoms with E-state index in [4.69, 9.17) is 4.99 Å². The van der Waals surface area contributed by atoms with Crippen molar-refractivity contribution in [3.8, 4) is 0 Å². The molecule has 4 aliphatic rings. The van der Waals surface area contributed by atoms with Crippen LogP contribution in [0.25, 0.3) is 0 Å². The van der Waals surface area contributed by atoms with Crippen LogP contribution in [0.5, 0.6) is 0 Å². The Kier molecular flexibility index (Phi) is 7.26. The third kappa shape index (κ3) is 5.76. The van der Waals surface area contributed by atoms with Gasteiger partial charge in [0.1, 0.15) is 0 Å². The first-order chi connectivity index (χ1) is 12.8. The maximum absolute atomic E-state index is 11.7. The van der Waals surface area contributed by atoms with Crippen LogP contribution < -0.4 is 10.6 Å². The molecule has 0 aromatic heterocycles. The highest BCUT2D eigenvalue weighted by atomic mass is 127. The largest absolute Gasteiger partial charge is 0.354 e. The highest BCUT2D eigenvalue weighted by Crippen LogP contribution is 2.44. The van der Waals surface area contributed by atoms with Crippen molar-refractivity contribution in [1.82, 2.24) is 10.6 Å². The molecule has 162 valence electrons. The zero-order chi connectivity index (χ0) is 19.1. The molecule has 0 radical (unpaired) electrons. The van der Waals surface area contributed by atoms with Gasteiger partial charge in [-0.1, -0.05) is 20.3 Å². The van der Waals surface area contributed by atoms with Crippen LogP contribution in [0.3, 0.4) is 0 Å². The number of guanidine groups is 1. The number of nitrogens with zero attached hydrogens (tertiary/aromatic N) is 1. The molecule has 5 nitrogen and oxygen atoms in total. The maximum Gasteiger partial charge on any atom is 0.191 e. The van der Waals surface area contributed by atoms with Gasteiger partial charge in [-0.3, -0.25) is 4.99 Å². The van der Waals surface area contributed by atoms with Gasteiger partial charge in [-0.15, -0.1) is 24.0 Å². The lowest BCUT2D eigenvalue weighted by Crippen LogP contribution is -2.50. The average molecular weight is 524 g/mol. The molecule has 1 saturated heterocycles. The fourth-order valence-corrected chi connectivity index (χ4v) is 7.55. The maximum atomic E-state index is 11.7. The van der Waals surface area contributed by atoms with Gasteiger partial charge in [-0.25, -0.2) is 8.42 Å². The standard InChI is InChI=1S/C21H37N3O2S.HI/c1-21(2)8-5-18(6-9-21)23-20(22-13-16-7-10-27(25,26)14-16)24-19-12-15-3-4-17(19)11-15;/h15-19H,3-14H2,1-2H3,(H2,22,23,24);1H. The lowest BCUT2D eigenvalue weighted by Gasteiger charge is -2.36. The second-order valence-corrected chi connectivity index (χ2v) is 12.7. The Balaban J connectivity index is 0.00000225. The number of rotatable bonds is 4. The number of aliphatic imine (C=N–C) groups is 1. The second-order valence-electron chi connectivity index (χ2n) is 10.5. The highest BCUT2D eigenvalue weighted by molar-refractivity contribution is 14.0. The summed E-state index contributed by atoms with van der Waals surface area (Å²) in [6, 6.07) is 1.05. The van der Waals surface area contributed by atoms with E-state index in [2.05, 4.69) is 24.5 Å². The Morgan fingerprint density at radius 2 is 1.79 bits per heavy atom. The molecule has 0 amide bonds. The Bertz CT molecular complexity index is 669. The molecule has 4 unspecified atom stereocenters. The molecule has 0 aromatic carbocycles. The van der Waals surface area contributed by atoms with Gasteiger partial charge >= 0.3 is 0 Å². The van der Waals surface area contributed by atoms with E-state index in [1.165, 1.54) is 51.4 Å². The van der Waals surface area contributed by atoms with Crippen LogP contribution in [0, 0.1) is 23.2 Å². The van der Waals surface area contributed by atoms with Gasteiger partial charge in [0.15, 0.2) is 15.8 Å². The molecule has 2 N–H and O–H groups in total. The minimum Gasteiger partial charge on any atom is -0.354 e. The number of sulfone groups is 1. The molecule has 1 heterocycles. The number of nitrogens with one attached hydrogen (secondary N) is 2. The fourth-order valence-electron chi connectivity index (χ4n) is 5.70. The van der Waals surface area contributed by atoms with Crippen molar-refractivity contribution >= 4 is 39.8 Å². The van der Waals surface area contributed by atoms with Crippen molar-refractivity contribution in [1.29, 1.82) is 0 Å². The van der Waals surface area contributed by atoms with Crippen LogP contribution >= 0.6 is 24.0 Å². The molecule has 3 aliphatic carbocycles. The van der Waals surface area contributed by atoms with Crippen LogP contribution in [0.15, 0.2) is 4.99 Å². The molecule has 0 spiro atoms. The smallest absolute Gasteiger partial charge is 0.191 e. The zero-order valence-electron chi connectivity index (χ0n) is 17.5. The summed E-state index contributed by atoms with van der Waals surface area (Å²) in [5.74, 6) is 3.51. The highest BCUT2D eigenvalue weighted by Gasteiger charge is 2.40. The fraction of sp³-hybridized carbons (Fsp3) is 0.952. The molecule has 3 saturated carbocycles. The summed E-state index contributed by atoms with van der Waals surface area (Å²) in [7, 11) is -2.82. The third-order valence-corrected chi connectivity index (χ3v) is 9.41.